The van der Waals surface area contributed by atoms with Gasteiger partial charge in [0.2, 0.25) is 0 Å². The van der Waals surface area contributed by atoms with Crippen molar-refractivity contribution >= 4 is 0 Å². The lowest BCUT2D eigenvalue weighted by Gasteiger charge is -2.36. The number of piperidine rings is 1. The van der Waals surface area contributed by atoms with Crippen LogP contribution in [0.5, 0.6) is 0 Å². The van der Waals surface area contributed by atoms with E-state index in [4.69, 9.17) is 0 Å². The molecule has 3 heteroatoms. The smallest absolute Gasteiger partial charge is 0.0275 e. The average Bonchev–Trinajstić information content (AvgIpc) is 2.47. The van der Waals surface area contributed by atoms with Gasteiger partial charge in [-0.05, 0) is 19.3 Å². The summed E-state index contributed by atoms with van der Waals surface area (Å²) < 4.78 is 0. The van der Waals surface area contributed by atoms with Gasteiger partial charge in [0.1, 0.15) is 0 Å². The van der Waals surface area contributed by atoms with Gasteiger partial charge in [-0.25, -0.2) is 15.3 Å². The van der Waals surface area contributed by atoms with Gasteiger partial charge < -0.3 is 0 Å². The largest absolute Gasteiger partial charge is 0.242 e. The van der Waals surface area contributed by atoms with E-state index in [9.17, 15) is 0 Å². The Morgan fingerprint density at radius 3 is 2.15 bits per heavy atom. The summed E-state index contributed by atoms with van der Waals surface area (Å²) in [5.41, 5.74) is 0. The molecule has 2 rings (SSSR count). The first kappa shape index (κ1) is 9.44. The quantitative estimate of drug-likeness (QED) is 0.595. The maximum atomic E-state index is 4.45. The normalized spacial score (nSPS) is 28.6. The van der Waals surface area contributed by atoms with Crippen molar-refractivity contribution in [3.8, 4) is 0 Å². The fraction of sp³-hybridized carbons (Fsp3) is 1.00. The van der Waals surface area contributed by atoms with E-state index in [2.05, 4.69) is 15.3 Å². The Morgan fingerprint density at radius 2 is 1.31 bits per heavy atom. The molecule has 75 valence electrons. The second kappa shape index (κ2) is 4.94. The third kappa shape index (κ3) is 2.66. The topological polar surface area (TPSA) is 20.6 Å². The molecule has 0 bridgehead atoms. The van der Waals surface area contributed by atoms with Crippen LogP contribution in [0.3, 0.4) is 0 Å². The molecule has 2 aliphatic rings. The molecule has 2 fully saturated rings. The minimum atomic E-state index is 1.04. The van der Waals surface area contributed by atoms with Crippen molar-refractivity contribution < 1.29 is 0 Å². The molecule has 0 aromatic carbocycles. The number of hydrogen-bond acceptors (Lipinski definition) is 2. The van der Waals surface area contributed by atoms with Gasteiger partial charge in [-0.2, -0.15) is 0 Å². The lowest BCUT2D eigenvalue weighted by atomic mass is 10.2. The molecule has 0 aromatic rings. The van der Waals surface area contributed by atoms with E-state index in [1.54, 1.807) is 0 Å². The predicted octanol–water partition coefficient (Wildman–Crippen LogP) is 0.697. The number of rotatable bonds is 1. The lowest BCUT2D eigenvalue weighted by molar-refractivity contribution is -0.0340. The zero-order chi connectivity index (χ0) is 8.93. The zero-order valence-corrected chi connectivity index (χ0v) is 8.41. The summed E-state index contributed by atoms with van der Waals surface area (Å²) in [6.07, 6.45) is 5.44. The highest BCUT2D eigenvalue weighted by atomic mass is 15.6. The molecule has 0 amide bonds. The second-order valence-electron chi connectivity index (χ2n) is 3.99. The van der Waals surface area contributed by atoms with Crippen LogP contribution in [-0.4, -0.2) is 49.3 Å². The van der Waals surface area contributed by atoms with Crippen LogP contribution in [0.2, 0.25) is 0 Å². The maximum Gasteiger partial charge on any atom is 0.0275 e. The Kier molecular flexibility index (Phi) is 3.58. The SMILES string of the molecule is C1CCN(N2CCC[N]CC2)CC1. The van der Waals surface area contributed by atoms with Gasteiger partial charge in [0.25, 0.3) is 0 Å². The lowest BCUT2D eigenvalue weighted by Crippen LogP contribution is -2.46. The highest BCUT2D eigenvalue weighted by Gasteiger charge is 2.18. The van der Waals surface area contributed by atoms with Gasteiger partial charge >= 0.3 is 0 Å². The van der Waals surface area contributed by atoms with Gasteiger partial charge in [0.05, 0.1) is 0 Å². The highest BCUT2D eigenvalue weighted by Crippen LogP contribution is 2.12. The fourth-order valence-corrected chi connectivity index (χ4v) is 2.22. The van der Waals surface area contributed by atoms with E-state index in [0.717, 1.165) is 19.6 Å². The van der Waals surface area contributed by atoms with Crippen LogP contribution < -0.4 is 5.32 Å². The van der Waals surface area contributed by atoms with Crippen molar-refractivity contribution in [1.82, 2.24) is 15.3 Å². The van der Waals surface area contributed by atoms with Crippen molar-refractivity contribution in [2.45, 2.75) is 25.7 Å². The molecule has 0 saturated carbocycles. The molecular formula is C10H20N3. The molecule has 2 saturated heterocycles. The van der Waals surface area contributed by atoms with E-state index in [1.807, 2.05) is 0 Å². The van der Waals surface area contributed by atoms with E-state index in [1.165, 1.54) is 45.3 Å². The van der Waals surface area contributed by atoms with E-state index < -0.39 is 0 Å². The highest BCUT2D eigenvalue weighted by molar-refractivity contribution is 4.68. The summed E-state index contributed by atoms with van der Waals surface area (Å²) in [6, 6.07) is 0. The van der Waals surface area contributed by atoms with Crippen LogP contribution in [0.25, 0.3) is 0 Å². The minimum Gasteiger partial charge on any atom is -0.242 e. The number of hydrazine groups is 1. The van der Waals surface area contributed by atoms with E-state index >= 15 is 0 Å². The molecule has 0 N–H and O–H groups in total. The second-order valence-corrected chi connectivity index (χ2v) is 3.99. The molecular weight excluding hydrogens is 162 g/mol. The summed E-state index contributed by atoms with van der Waals surface area (Å²) in [7, 11) is 0. The molecule has 0 aromatic heterocycles. The molecule has 2 aliphatic heterocycles. The zero-order valence-electron chi connectivity index (χ0n) is 8.41. The Bertz CT molecular complexity index is 135. The molecule has 0 atom stereocenters. The van der Waals surface area contributed by atoms with Crippen LogP contribution in [0.15, 0.2) is 0 Å². The van der Waals surface area contributed by atoms with Crippen molar-refractivity contribution in [1.29, 1.82) is 0 Å². The van der Waals surface area contributed by atoms with Crippen LogP contribution in [0, 0.1) is 0 Å². The summed E-state index contributed by atoms with van der Waals surface area (Å²) >= 11 is 0. The third-order valence-electron chi connectivity index (χ3n) is 2.98. The maximum absolute atomic E-state index is 4.45. The molecule has 0 unspecified atom stereocenters. The van der Waals surface area contributed by atoms with E-state index in [0.29, 0.717) is 0 Å². The Morgan fingerprint density at radius 1 is 0.615 bits per heavy atom. The monoisotopic (exact) mass is 182 g/mol. The standard InChI is InChI=1S/C10H20N3/c1-2-7-12(8-3-1)13-9-4-5-11-6-10-13/h1-10H2. The van der Waals surface area contributed by atoms with Crippen LogP contribution >= 0.6 is 0 Å². The molecule has 2 heterocycles. The van der Waals surface area contributed by atoms with Crippen molar-refractivity contribution in [2.24, 2.45) is 0 Å². The Hall–Kier alpha value is -0.120. The molecule has 13 heavy (non-hydrogen) atoms. The van der Waals surface area contributed by atoms with Crippen LogP contribution in [0.1, 0.15) is 25.7 Å². The van der Waals surface area contributed by atoms with Gasteiger partial charge in [-0.3, -0.25) is 0 Å². The molecule has 0 aliphatic carbocycles. The number of nitrogens with zero attached hydrogens (tertiary/aromatic N) is 3. The van der Waals surface area contributed by atoms with Gasteiger partial charge in [0.15, 0.2) is 0 Å². The first-order valence-corrected chi connectivity index (χ1v) is 5.60. The summed E-state index contributed by atoms with van der Waals surface area (Å²) in [4.78, 5) is 0. The van der Waals surface area contributed by atoms with Crippen molar-refractivity contribution in [3.05, 3.63) is 0 Å². The van der Waals surface area contributed by atoms with Gasteiger partial charge in [-0.1, -0.05) is 6.42 Å². The van der Waals surface area contributed by atoms with Crippen molar-refractivity contribution in [3.63, 3.8) is 0 Å². The molecule has 1 radical (unpaired) electrons. The predicted molar refractivity (Wildman–Crippen MR) is 53.5 cm³/mol. The fourth-order valence-electron chi connectivity index (χ4n) is 2.22. The molecule has 3 nitrogen and oxygen atoms in total. The Balaban J connectivity index is 1.82. The van der Waals surface area contributed by atoms with E-state index in [-0.39, 0.29) is 0 Å². The first-order valence-electron chi connectivity index (χ1n) is 5.60. The van der Waals surface area contributed by atoms with Crippen LogP contribution in [-0.2, 0) is 0 Å². The third-order valence-corrected chi connectivity index (χ3v) is 2.98. The minimum absolute atomic E-state index is 1.04. The average molecular weight is 182 g/mol. The van der Waals surface area contributed by atoms with Crippen molar-refractivity contribution in [2.75, 3.05) is 39.3 Å². The van der Waals surface area contributed by atoms with Crippen LogP contribution in [0.4, 0.5) is 0 Å². The molecule has 0 spiro atoms. The summed E-state index contributed by atoms with van der Waals surface area (Å²) in [6.45, 7) is 7.05. The van der Waals surface area contributed by atoms with Gasteiger partial charge in [-0.15, -0.1) is 0 Å². The first-order chi connectivity index (χ1) is 6.47. The number of hydrogen-bond donors (Lipinski definition) is 0. The summed E-state index contributed by atoms with van der Waals surface area (Å²) in [5.74, 6) is 0. The summed E-state index contributed by atoms with van der Waals surface area (Å²) in [5, 5.41) is 9.52. The Labute approximate surface area is 81.1 Å². The van der Waals surface area contributed by atoms with Gasteiger partial charge in [0, 0.05) is 39.3 Å².